The fourth-order valence-corrected chi connectivity index (χ4v) is 5.18. The molecule has 0 atom stereocenters. The monoisotopic (exact) mass is 338 g/mol. The van der Waals surface area contributed by atoms with Crippen LogP contribution in [0, 0.1) is 0 Å². The Bertz CT molecular complexity index is 586. The van der Waals surface area contributed by atoms with E-state index in [0.717, 1.165) is 30.0 Å². The first kappa shape index (κ1) is 18.3. The normalized spacial score (nSPS) is 23.8. The van der Waals surface area contributed by atoms with Crippen LogP contribution in [0.1, 0.15) is 64.4 Å². The number of benzene rings is 1. The first-order valence-corrected chi connectivity index (χ1v) is 10.1. The molecule has 1 aromatic carbocycles. The van der Waals surface area contributed by atoms with Gasteiger partial charge in [-0.1, -0.05) is 92.9 Å². The van der Waals surface area contributed by atoms with Gasteiger partial charge in [-0.05, 0) is 25.3 Å². The van der Waals surface area contributed by atoms with E-state index >= 15 is 0 Å². The summed E-state index contributed by atoms with van der Waals surface area (Å²) < 4.78 is 5.43. The molecule has 0 saturated carbocycles. The van der Waals surface area contributed by atoms with E-state index in [2.05, 4.69) is 31.2 Å². The van der Waals surface area contributed by atoms with Crippen molar-refractivity contribution in [2.45, 2.75) is 76.8 Å². The number of carbonyl (C=O) groups excluding carboxylic acids is 1. The van der Waals surface area contributed by atoms with Crippen LogP contribution in [0.5, 0.6) is 0 Å². The predicted molar refractivity (Wildman–Crippen MR) is 105 cm³/mol. The van der Waals surface area contributed by atoms with Gasteiger partial charge >= 0.3 is 5.97 Å². The van der Waals surface area contributed by atoms with E-state index in [1.54, 1.807) is 0 Å². The lowest BCUT2D eigenvalue weighted by Crippen LogP contribution is -2.37. The molecule has 3 rings (SSSR count). The smallest absolute Gasteiger partial charge is 0.333 e. The van der Waals surface area contributed by atoms with E-state index < -0.39 is 0 Å². The zero-order chi connectivity index (χ0) is 17.6. The minimum Gasteiger partial charge on any atom is -0.463 e. The Balaban J connectivity index is 1.83. The maximum atomic E-state index is 12.7. The number of allylic oxidation sites excluding steroid dienone is 1. The zero-order valence-corrected chi connectivity index (χ0v) is 15.8. The van der Waals surface area contributed by atoms with Gasteiger partial charge in [0.05, 0.1) is 6.61 Å². The first-order chi connectivity index (χ1) is 12.2. The third-order valence-electron chi connectivity index (χ3n) is 6.32. The summed E-state index contributed by atoms with van der Waals surface area (Å²) in [5.74, 6) is 1.49. The molecular formula is C22H31BO2. The van der Waals surface area contributed by atoms with Crippen LogP contribution >= 0.6 is 0 Å². The summed E-state index contributed by atoms with van der Waals surface area (Å²) in [6.07, 6.45) is 9.82. The molecule has 0 aliphatic carbocycles. The Morgan fingerprint density at radius 1 is 1.08 bits per heavy atom. The molecule has 2 aliphatic rings. The molecule has 25 heavy (non-hydrogen) atoms. The lowest BCUT2D eigenvalue weighted by Gasteiger charge is -2.41. The SMILES string of the molecule is CCOC(=O)/C(CCc1ccccc1)=C(/C)B1C2CCCC1CCC2. The molecule has 2 aliphatic heterocycles. The van der Waals surface area contributed by atoms with Crippen LogP contribution in [0.2, 0.25) is 11.6 Å². The zero-order valence-electron chi connectivity index (χ0n) is 15.8. The number of hydrogen-bond donors (Lipinski definition) is 0. The molecule has 134 valence electrons. The topological polar surface area (TPSA) is 26.3 Å². The molecule has 3 heteroatoms. The average molecular weight is 338 g/mol. The van der Waals surface area contributed by atoms with Crippen LogP contribution in [0.25, 0.3) is 0 Å². The van der Waals surface area contributed by atoms with Crippen molar-refractivity contribution in [3.05, 3.63) is 46.9 Å². The Morgan fingerprint density at radius 3 is 2.24 bits per heavy atom. The lowest BCUT2D eigenvalue weighted by molar-refractivity contribution is -0.138. The summed E-state index contributed by atoms with van der Waals surface area (Å²) in [7, 11) is 0. The maximum absolute atomic E-state index is 12.7. The highest BCUT2D eigenvalue weighted by Gasteiger charge is 2.41. The number of esters is 1. The van der Waals surface area contributed by atoms with Gasteiger partial charge in [0, 0.05) is 5.57 Å². The molecule has 2 bridgehead atoms. The maximum Gasteiger partial charge on any atom is 0.333 e. The second-order valence-corrected chi connectivity index (χ2v) is 7.78. The van der Waals surface area contributed by atoms with Crippen LogP contribution in [0.15, 0.2) is 41.4 Å². The molecule has 2 heterocycles. The summed E-state index contributed by atoms with van der Waals surface area (Å²) >= 11 is 0. The molecule has 1 aromatic rings. The van der Waals surface area contributed by atoms with E-state index in [-0.39, 0.29) is 5.97 Å². The van der Waals surface area contributed by atoms with Crippen molar-refractivity contribution in [3.8, 4) is 0 Å². The molecular weight excluding hydrogens is 307 g/mol. The first-order valence-electron chi connectivity index (χ1n) is 10.1. The van der Waals surface area contributed by atoms with E-state index in [1.807, 2.05) is 13.0 Å². The highest BCUT2D eigenvalue weighted by molar-refractivity contribution is 6.70. The number of carbonyl (C=O) groups is 1. The number of aryl methyl sites for hydroxylation is 1. The van der Waals surface area contributed by atoms with Crippen molar-refractivity contribution >= 4 is 12.7 Å². The molecule has 0 amide bonds. The summed E-state index contributed by atoms with van der Waals surface area (Å²) in [6, 6.07) is 10.5. The van der Waals surface area contributed by atoms with Gasteiger partial charge in [-0.3, -0.25) is 0 Å². The number of ether oxygens (including phenoxy) is 1. The van der Waals surface area contributed by atoms with E-state index in [1.165, 1.54) is 49.6 Å². The third kappa shape index (κ3) is 4.37. The molecule has 2 fully saturated rings. The summed E-state index contributed by atoms with van der Waals surface area (Å²) in [4.78, 5) is 12.7. The van der Waals surface area contributed by atoms with Crippen LogP contribution < -0.4 is 0 Å². The second kappa shape index (κ2) is 8.73. The van der Waals surface area contributed by atoms with Gasteiger partial charge in [-0.25, -0.2) is 4.79 Å². The van der Waals surface area contributed by atoms with E-state index in [0.29, 0.717) is 13.3 Å². The molecule has 2 nitrogen and oxygen atoms in total. The quantitative estimate of drug-likeness (QED) is 0.381. The van der Waals surface area contributed by atoms with Crippen molar-refractivity contribution < 1.29 is 9.53 Å². The third-order valence-corrected chi connectivity index (χ3v) is 6.32. The van der Waals surface area contributed by atoms with Gasteiger partial charge in [0.2, 0.25) is 0 Å². The molecule has 0 spiro atoms. The van der Waals surface area contributed by atoms with E-state index in [9.17, 15) is 4.79 Å². The van der Waals surface area contributed by atoms with Crippen molar-refractivity contribution in [1.29, 1.82) is 0 Å². The molecule has 0 N–H and O–H groups in total. The highest BCUT2D eigenvalue weighted by Crippen LogP contribution is 2.49. The van der Waals surface area contributed by atoms with Gasteiger partial charge in [0.25, 0.3) is 0 Å². The van der Waals surface area contributed by atoms with Crippen molar-refractivity contribution in [2.75, 3.05) is 6.61 Å². The largest absolute Gasteiger partial charge is 0.463 e. The van der Waals surface area contributed by atoms with Gasteiger partial charge < -0.3 is 4.74 Å². The fourth-order valence-electron chi connectivity index (χ4n) is 5.18. The number of fused-ring (bicyclic) bond motifs is 2. The van der Waals surface area contributed by atoms with Gasteiger partial charge in [-0.2, -0.15) is 0 Å². The van der Waals surface area contributed by atoms with Crippen molar-refractivity contribution in [2.24, 2.45) is 0 Å². The minimum atomic E-state index is -0.0837. The number of rotatable bonds is 6. The Hall–Kier alpha value is -1.51. The van der Waals surface area contributed by atoms with Crippen molar-refractivity contribution in [3.63, 3.8) is 0 Å². The van der Waals surface area contributed by atoms with Crippen LogP contribution in [0.4, 0.5) is 0 Å². The minimum absolute atomic E-state index is 0.0837. The Labute approximate surface area is 153 Å². The molecule has 0 radical (unpaired) electrons. The average Bonchev–Trinajstić information content (AvgIpc) is 2.62. The second-order valence-electron chi connectivity index (χ2n) is 7.78. The molecule has 2 saturated heterocycles. The highest BCUT2D eigenvalue weighted by atomic mass is 16.5. The summed E-state index contributed by atoms with van der Waals surface area (Å²) in [5, 5.41) is 0. The van der Waals surface area contributed by atoms with Crippen LogP contribution in [-0.2, 0) is 16.0 Å². The predicted octanol–water partition coefficient (Wildman–Crippen LogP) is 5.64. The number of hydrogen-bond acceptors (Lipinski definition) is 2. The Kier molecular flexibility index (Phi) is 6.39. The summed E-state index contributed by atoms with van der Waals surface area (Å²) in [5.41, 5.74) is 3.58. The summed E-state index contributed by atoms with van der Waals surface area (Å²) in [6.45, 7) is 5.19. The van der Waals surface area contributed by atoms with Gasteiger partial charge in [0.15, 0.2) is 6.71 Å². The van der Waals surface area contributed by atoms with Gasteiger partial charge in [-0.15, -0.1) is 0 Å². The van der Waals surface area contributed by atoms with Gasteiger partial charge in [0.1, 0.15) is 0 Å². The van der Waals surface area contributed by atoms with E-state index in [4.69, 9.17) is 4.74 Å². The molecule has 0 unspecified atom stereocenters. The Morgan fingerprint density at radius 2 is 1.68 bits per heavy atom. The molecule has 0 aromatic heterocycles. The van der Waals surface area contributed by atoms with Crippen LogP contribution in [0.3, 0.4) is 0 Å². The van der Waals surface area contributed by atoms with Crippen LogP contribution in [-0.4, -0.2) is 19.3 Å². The fraction of sp³-hybridized carbons (Fsp3) is 0.591. The van der Waals surface area contributed by atoms with Crippen molar-refractivity contribution in [1.82, 2.24) is 0 Å². The lowest BCUT2D eigenvalue weighted by atomic mass is 9.24. The standard InChI is InChI=1S/C22H31BO2/c1-3-25-22(24)21(16-15-18-9-5-4-6-10-18)17(2)23-19-11-7-12-20(23)14-8-13-19/h4-6,9-10,19-20H,3,7-8,11-16H2,1-2H3/b21-17-.